The molecule has 12 N–H and O–H groups in total. The number of guanidine groups is 1. The van der Waals surface area contributed by atoms with E-state index in [2.05, 4.69) is 43.5 Å². The van der Waals surface area contributed by atoms with Crippen LogP contribution in [0.25, 0.3) is 0 Å². The first kappa shape index (κ1) is 61.0. The minimum Gasteiger partial charge on any atom is -0.480 e. The third-order valence-corrected chi connectivity index (χ3v) is 12.2. The van der Waals surface area contributed by atoms with Crippen LogP contribution < -0.4 is 43.4 Å². The zero-order valence-corrected chi connectivity index (χ0v) is 42.9. The topological polar surface area (TPSA) is 343 Å². The molecule has 22 heteroatoms. The molecule has 10 atom stereocenters. The summed E-state index contributed by atoms with van der Waals surface area (Å²) in [6, 6.07) is 1.09. The van der Waals surface area contributed by atoms with Gasteiger partial charge in [-0.3, -0.25) is 38.6 Å². The summed E-state index contributed by atoms with van der Waals surface area (Å²) in [6.07, 6.45) is 5.25. The van der Waals surface area contributed by atoms with Crippen LogP contribution in [0.3, 0.4) is 0 Å². The zero-order chi connectivity index (χ0) is 54.4. The van der Waals surface area contributed by atoms with Crippen molar-refractivity contribution >= 4 is 59.2 Å². The molecule has 0 aromatic heterocycles. The molecule has 1 fully saturated rings. The third-order valence-electron chi connectivity index (χ3n) is 12.2. The Morgan fingerprint density at radius 2 is 1.44 bits per heavy atom. The number of aliphatic imine (C=N–C) groups is 1. The van der Waals surface area contributed by atoms with E-state index in [1.54, 1.807) is 40.0 Å². The first-order valence-corrected chi connectivity index (χ1v) is 24.0. The standard InChI is InChI=1S/C50H76N10O12/c1-27(2)24-38-47(67)59-41(49(70)71)31(6)43(63)56-36(18-14-15-23-53-50(51)52)46(66)55-35(20-19-28(3)25-29(4)39(72-10)26-34-16-12-11-13-17-34)30(5)42(62)57-37(48(68)69)21-22-40(61)60(9)33(8)45(65)54-32(7)44(64)58-38/h11-13,16-17,19-20,25,27,29-32,35-39,41H,8,14-15,18,21-24,26H2,1-7,9-10H3,(H,54,65)(H,55,66)(H,56,63)(H,57,62)(H,58,64)(H,59,67)(H,68,69)(H,70,71)(H4,51,52,53). The second-order valence-corrected chi connectivity index (χ2v) is 18.6. The zero-order valence-electron chi connectivity index (χ0n) is 42.9. The van der Waals surface area contributed by atoms with E-state index in [9.17, 15) is 53.4 Å². The Labute approximate surface area is 421 Å². The lowest BCUT2D eigenvalue weighted by molar-refractivity contribution is -0.146. The summed E-state index contributed by atoms with van der Waals surface area (Å²) in [4.78, 5) is 126. The van der Waals surface area contributed by atoms with Crippen molar-refractivity contribution in [2.75, 3.05) is 20.7 Å². The second-order valence-electron chi connectivity index (χ2n) is 18.6. The highest BCUT2D eigenvalue weighted by atomic mass is 16.5. The van der Waals surface area contributed by atoms with E-state index in [1.807, 2.05) is 43.3 Å². The summed E-state index contributed by atoms with van der Waals surface area (Å²) >= 11 is 0. The van der Waals surface area contributed by atoms with Gasteiger partial charge in [0.15, 0.2) is 5.96 Å². The molecule has 22 nitrogen and oxygen atoms in total. The van der Waals surface area contributed by atoms with Crippen LogP contribution in [0, 0.1) is 23.7 Å². The molecule has 0 spiro atoms. The van der Waals surface area contributed by atoms with E-state index in [1.165, 1.54) is 27.8 Å². The summed E-state index contributed by atoms with van der Waals surface area (Å²) in [6.45, 7) is 15.1. The maximum Gasteiger partial charge on any atom is 0.327 e. The Morgan fingerprint density at radius 3 is 2.03 bits per heavy atom. The van der Waals surface area contributed by atoms with Crippen molar-refractivity contribution in [3.05, 3.63) is 72.0 Å². The number of methoxy groups -OCH3 is 1. The fourth-order valence-corrected chi connectivity index (χ4v) is 7.62. The fourth-order valence-electron chi connectivity index (χ4n) is 7.62. The van der Waals surface area contributed by atoms with Crippen molar-refractivity contribution < 1.29 is 58.1 Å². The smallest absolute Gasteiger partial charge is 0.327 e. The highest BCUT2D eigenvalue weighted by Crippen LogP contribution is 2.19. The number of hydrogen-bond acceptors (Lipinski definition) is 11. The first-order valence-electron chi connectivity index (χ1n) is 24.0. The van der Waals surface area contributed by atoms with E-state index in [0.717, 1.165) is 10.5 Å². The number of carboxylic acid groups (broad SMARTS) is 2. The summed E-state index contributed by atoms with van der Waals surface area (Å²) in [5, 5.41) is 35.6. The van der Waals surface area contributed by atoms with Crippen molar-refractivity contribution in [2.45, 2.75) is 136 Å². The number of carboxylic acids is 2. The van der Waals surface area contributed by atoms with Crippen molar-refractivity contribution in [3.8, 4) is 0 Å². The van der Waals surface area contributed by atoms with Gasteiger partial charge in [-0.05, 0) is 63.9 Å². The number of ether oxygens (including phenoxy) is 1. The van der Waals surface area contributed by atoms with Crippen molar-refractivity contribution in [3.63, 3.8) is 0 Å². The Kier molecular flexibility index (Phi) is 25.4. The lowest BCUT2D eigenvalue weighted by Gasteiger charge is -2.28. The number of aliphatic carboxylic acids is 2. The highest BCUT2D eigenvalue weighted by molar-refractivity contribution is 6.00. The maximum absolute atomic E-state index is 14.4. The third kappa shape index (κ3) is 20.3. The van der Waals surface area contributed by atoms with Crippen LogP contribution in [0.15, 0.2) is 71.4 Å². The molecule has 0 aliphatic carbocycles. The van der Waals surface area contributed by atoms with Crippen LogP contribution in [0.4, 0.5) is 0 Å². The maximum atomic E-state index is 14.4. The lowest BCUT2D eigenvalue weighted by atomic mass is 9.94. The number of likely N-dealkylation sites (N-methyl/N-ethyl adjacent to an activating group) is 1. The van der Waals surface area contributed by atoms with Crippen LogP contribution in [0.2, 0.25) is 0 Å². The van der Waals surface area contributed by atoms with Crippen LogP contribution >= 0.6 is 0 Å². The van der Waals surface area contributed by atoms with Gasteiger partial charge < -0.3 is 63.2 Å². The number of amides is 7. The minimum absolute atomic E-state index is 0.0101. The summed E-state index contributed by atoms with van der Waals surface area (Å²) in [5.74, 6) is -12.4. The monoisotopic (exact) mass is 1010 g/mol. The Morgan fingerprint density at radius 1 is 0.833 bits per heavy atom. The van der Waals surface area contributed by atoms with Gasteiger partial charge in [0.25, 0.3) is 5.91 Å². The Hall–Kier alpha value is -7.10. The molecular weight excluding hydrogens is 933 g/mol. The average molecular weight is 1010 g/mol. The number of rotatable bonds is 16. The predicted octanol–water partition coefficient (Wildman–Crippen LogP) is 1.01. The summed E-state index contributed by atoms with van der Waals surface area (Å²) in [7, 11) is 2.83. The van der Waals surface area contributed by atoms with Gasteiger partial charge in [0.05, 0.1) is 24.0 Å². The van der Waals surface area contributed by atoms with Crippen LogP contribution in [-0.2, 0) is 54.3 Å². The molecule has 0 radical (unpaired) electrons. The normalized spacial score (nSPS) is 25.1. The second kappa shape index (κ2) is 29.9. The summed E-state index contributed by atoms with van der Waals surface area (Å²) < 4.78 is 5.82. The lowest BCUT2D eigenvalue weighted by Crippen LogP contribution is -2.59. The number of benzene rings is 1. The molecule has 1 aliphatic heterocycles. The van der Waals surface area contributed by atoms with Gasteiger partial charge in [-0.25, -0.2) is 9.59 Å². The van der Waals surface area contributed by atoms with Gasteiger partial charge >= 0.3 is 11.9 Å². The molecule has 10 unspecified atom stereocenters. The number of hydrogen-bond donors (Lipinski definition) is 10. The first-order chi connectivity index (χ1) is 33.8. The number of allylic oxidation sites excluding steroid dienone is 2. The van der Waals surface area contributed by atoms with E-state index in [0.29, 0.717) is 18.4 Å². The molecule has 1 saturated heterocycles. The summed E-state index contributed by atoms with van der Waals surface area (Å²) in [5.41, 5.74) is 12.3. The number of nitrogens with one attached hydrogen (secondary N) is 6. The van der Waals surface area contributed by atoms with Gasteiger partial charge in [-0.15, -0.1) is 0 Å². The number of carbonyl (C=O) groups excluding carboxylic acids is 7. The largest absolute Gasteiger partial charge is 0.480 e. The SMILES string of the molecule is C=C1C(=O)NC(C)C(=O)NC(CC(C)C)C(=O)NC(C(=O)O)C(C)C(=O)NC(CCCCN=C(N)N)C(=O)NC(C=CC(C)=CC(C)C(Cc2ccccc2)OC)C(C)C(=O)NC(C(=O)O)CCC(=O)N1C. The molecule has 1 heterocycles. The van der Waals surface area contributed by atoms with Crippen LogP contribution in [-0.4, -0.2) is 137 Å². The number of nitrogens with zero attached hydrogens (tertiary/aromatic N) is 2. The highest BCUT2D eigenvalue weighted by Gasteiger charge is 2.37. The molecule has 72 heavy (non-hydrogen) atoms. The quantitative estimate of drug-likeness (QED) is 0.0364. The van der Waals surface area contributed by atoms with E-state index < -0.39 is 120 Å². The Bertz CT molecular complexity index is 2180. The number of unbranched alkanes of at least 4 members (excludes halogenated alkanes) is 1. The molecule has 1 aromatic carbocycles. The van der Waals surface area contributed by atoms with E-state index in [-0.39, 0.29) is 49.7 Å². The fraction of sp³-hybridized carbons (Fsp3) is 0.560. The molecule has 398 valence electrons. The predicted molar refractivity (Wildman–Crippen MR) is 269 cm³/mol. The molecule has 1 aliphatic rings. The van der Waals surface area contributed by atoms with Crippen molar-refractivity contribution in [2.24, 2.45) is 40.1 Å². The molecule has 1 aromatic rings. The van der Waals surface area contributed by atoms with E-state index >= 15 is 0 Å². The van der Waals surface area contributed by atoms with Gasteiger partial charge in [-0.2, -0.15) is 0 Å². The van der Waals surface area contributed by atoms with Gasteiger partial charge in [0.1, 0.15) is 35.9 Å². The Balaban J connectivity index is 2.73. The number of nitrogens with two attached hydrogens (primary N) is 2. The molecular formula is C50H76N10O12. The van der Waals surface area contributed by atoms with Crippen LogP contribution in [0.5, 0.6) is 0 Å². The molecule has 2 rings (SSSR count). The van der Waals surface area contributed by atoms with Gasteiger partial charge in [0, 0.05) is 33.0 Å². The van der Waals surface area contributed by atoms with Crippen molar-refractivity contribution in [1.82, 2.24) is 36.8 Å². The number of carbonyl (C=O) groups is 9. The average Bonchev–Trinajstić information content (AvgIpc) is 3.32. The minimum atomic E-state index is -1.87. The van der Waals surface area contributed by atoms with Gasteiger partial charge in [-0.1, -0.05) is 95.3 Å². The molecule has 0 bridgehead atoms. The molecule has 7 amide bonds. The van der Waals surface area contributed by atoms with Crippen LogP contribution in [0.1, 0.15) is 92.6 Å². The van der Waals surface area contributed by atoms with E-state index in [4.69, 9.17) is 16.2 Å². The van der Waals surface area contributed by atoms with Crippen molar-refractivity contribution in [1.29, 1.82) is 0 Å². The molecule has 0 saturated carbocycles. The van der Waals surface area contributed by atoms with Gasteiger partial charge in [0.2, 0.25) is 35.4 Å².